The van der Waals surface area contributed by atoms with Crippen LogP contribution < -0.4 is 0 Å². The summed E-state index contributed by atoms with van der Waals surface area (Å²) in [5, 5.41) is 10.2. The molecule has 3 aliphatic rings. The molecule has 1 heterocycles. The normalized spacial score (nSPS) is 19.7. The van der Waals surface area contributed by atoms with Crippen LogP contribution >= 0.6 is 10.0 Å². The Morgan fingerprint density at radius 2 is 0.983 bits per heavy atom. The van der Waals surface area contributed by atoms with E-state index in [2.05, 4.69) is 214 Å². The van der Waals surface area contributed by atoms with E-state index in [1.165, 1.54) is 109 Å². The molecule has 1 aliphatic heterocycles. The fourth-order valence-corrected chi connectivity index (χ4v) is 13.2. The van der Waals surface area contributed by atoms with E-state index in [0.29, 0.717) is 0 Å². The summed E-state index contributed by atoms with van der Waals surface area (Å²) >= 11 is 0. The van der Waals surface area contributed by atoms with Gasteiger partial charge in [0, 0.05) is 21.1 Å². The second kappa shape index (κ2) is 12.3. The number of benzene rings is 9. The molecule has 0 bridgehead atoms. The monoisotopic (exact) mass is 758 g/mol. The van der Waals surface area contributed by atoms with Gasteiger partial charge in [-0.25, -0.2) is 0 Å². The summed E-state index contributed by atoms with van der Waals surface area (Å²) in [7, 11) is -1.24. The van der Waals surface area contributed by atoms with Gasteiger partial charge in [0.2, 0.25) is 0 Å². The third kappa shape index (κ3) is 4.90. The van der Waals surface area contributed by atoms with Crippen LogP contribution in [-0.4, -0.2) is 12.5 Å². The first kappa shape index (κ1) is 33.7. The van der Waals surface area contributed by atoms with Crippen LogP contribution in [0.2, 0.25) is 0 Å². The van der Waals surface area contributed by atoms with Crippen LogP contribution in [0.1, 0.15) is 40.7 Å². The van der Waals surface area contributed by atoms with Crippen LogP contribution in [-0.2, 0) is 0 Å². The molecule has 9 aromatic rings. The van der Waals surface area contributed by atoms with Gasteiger partial charge in [0.15, 0.2) is 0 Å². The Labute approximate surface area is 341 Å². The molecule has 0 fully saturated rings. The first-order chi connectivity index (χ1) is 28.3. The second-order valence-corrected chi connectivity index (χ2v) is 20.7. The van der Waals surface area contributed by atoms with Gasteiger partial charge in [-0.05, 0) is 154 Å². The molecule has 276 valence electrons. The van der Waals surface area contributed by atoms with Crippen molar-refractivity contribution in [1.29, 1.82) is 0 Å². The summed E-state index contributed by atoms with van der Waals surface area (Å²) in [6, 6.07) is 68.8. The average molecular weight is 759 g/mol. The van der Waals surface area contributed by atoms with Crippen molar-refractivity contribution in [2.75, 3.05) is 12.5 Å². The van der Waals surface area contributed by atoms with E-state index < -0.39 is 10.0 Å². The molecule has 0 aromatic heterocycles. The fraction of sp³-hybridized carbons (Fsp3) is 0.0877. The van der Waals surface area contributed by atoms with Gasteiger partial charge in [0.1, 0.15) is 0 Å². The molecule has 12 rings (SSSR count). The van der Waals surface area contributed by atoms with Gasteiger partial charge in [0.05, 0.1) is 0 Å². The zero-order valence-electron chi connectivity index (χ0n) is 33.0. The van der Waals surface area contributed by atoms with E-state index in [4.69, 9.17) is 0 Å². The van der Waals surface area contributed by atoms with Crippen LogP contribution in [0.15, 0.2) is 210 Å². The molecule has 2 unspecified atom stereocenters. The predicted molar refractivity (Wildman–Crippen MR) is 251 cm³/mol. The van der Waals surface area contributed by atoms with Crippen molar-refractivity contribution < 1.29 is 0 Å². The lowest BCUT2D eigenvalue weighted by Crippen LogP contribution is -2.33. The molecule has 9 aromatic carbocycles. The number of rotatable bonds is 3. The maximum absolute atomic E-state index is 2.68. The highest BCUT2D eigenvalue weighted by Crippen LogP contribution is 2.72. The highest BCUT2D eigenvalue weighted by molar-refractivity contribution is 8.36. The van der Waals surface area contributed by atoms with Crippen molar-refractivity contribution in [2.45, 2.75) is 17.7 Å². The SMILES string of the molecule is CC12C=C3C(=CC1=C(c1ccc4ccccc4c1)c1cc(-c4ccc5cc6ccccc6cc5c4)ccc1C2c1ccc2ccccc2c1)S(C)(C)c1ccccc13. The summed E-state index contributed by atoms with van der Waals surface area (Å²) < 4.78 is 0. The maximum atomic E-state index is 2.68. The lowest BCUT2D eigenvalue weighted by molar-refractivity contribution is 0.450. The van der Waals surface area contributed by atoms with Crippen molar-refractivity contribution >= 4 is 64.3 Å². The van der Waals surface area contributed by atoms with Crippen LogP contribution in [0.25, 0.3) is 65.4 Å². The van der Waals surface area contributed by atoms with Gasteiger partial charge >= 0.3 is 0 Å². The van der Waals surface area contributed by atoms with Gasteiger partial charge in [-0.1, -0.05) is 159 Å². The number of hydrogen-bond donors (Lipinski definition) is 0. The standard InChI is InChI=1S/C57H42S/c1-57-35-51-48-18-10-11-19-53(48)58(2,3)54(51)34-52(57)55(45-24-20-36-12-4-6-14-38(36)29-45)50-33-44(42-22-23-43-28-40-16-8-9-17-41(40)31-47(43)32-42)26-27-49(50)56(57)46-25-21-37-13-5-7-15-39(37)30-46/h4-35,56H,1-3H3. The van der Waals surface area contributed by atoms with Crippen LogP contribution in [0.5, 0.6) is 0 Å². The van der Waals surface area contributed by atoms with Gasteiger partial charge < -0.3 is 0 Å². The minimum Gasteiger partial charge on any atom is -0.192 e. The van der Waals surface area contributed by atoms with E-state index in [1.54, 1.807) is 0 Å². The van der Waals surface area contributed by atoms with Crippen molar-refractivity contribution in [3.05, 3.63) is 232 Å². The van der Waals surface area contributed by atoms with E-state index >= 15 is 0 Å². The summed E-state index contributed by atoms with van der Waals surface area (Å²) in [5.41, 5.74) is 13.1. The van der Waals surface area contributed by atoms with Crippen molar-refractivity contribution in [1.82, 2.24) is 0 Å². The Hall–Kier alpha value is -6.41. The van der Waals surface area contributed by atoms with E-state index in [-0.39, 0.29) is 11.3 Å². The van der Waals surface area contributed by atoms with Crippen molar-refractivity contribution in [3.8, 4) is 11.1 Å². The number of fused-ring (bicyclic) bond motifs is 9. The Kier molecular flexibility index (Phi) is 7.14. The maximum Gasteiger partial charge on any atom is 0.0229 e. The smallest absolute Gasteiger partial charge is 0.0229 e. The topological polar surface area (TPSA) is 0 Å². The van der Waals surface area contributed by atoms with Crippen molar-refractivity contribution in [3.63, 3.8) is 0 Å². The number of allylic oxidation sites excluding steroid dienone is 4. The zero-order valence-corrected chi connectivity index (χ0v) is 33.8. The summed E-state index contributed by atoms with van der Waals surface area (Å²) in [5.74, 6) is 0.0968. The van der Waals surface area contributed by atoms with Crippen LogP contribution in [0, 0.1) is 5.41 Å². The Balaban J connectivity index is 1.16. The van der Waals surface area contributed by atoms with Gasteiger partial charge in [-0.2, -0.15) is 10.0 Å². The van der Waals surface area contributed by atoms with Crippen molar-refractivity contribution in [2.24, 2.45) is 5.41 Å². The largest absolute Gasteiger partial charge is 0.192 e. The molecule has 58 heavy (non-hydrogen) atoms. The van der Waals surface area contributed by atoms with Crippen LogP contribution in [0.3, 0.4) is 0 Å². The fourth-order valence-electron chi connectivity index (χ4n) is 10.6. The molecule has 1 heteroatoms. The molecule has 0 nitrogen and oxygen atoms in total. The van der Waals surface area contributed by atoms with E-state index in [0.717, 1.165) is 0 Å². The van der Waals surface area contributed by atoms with Gasteiger partial charge in [-0.15, -0.1) is 0 Å². The molecule has 0 saturated heterocycles. The summed E-state index contributed by atoms with van der Waals surface area (Å²) in [6.45, 7) is 2.53. The molecule has 0 amide bonds. The molecule has 0 radical (unpaired) electrons. The van der Waals surface area contributed by atoms with Gasteiger partial charge in [-0.3, -0.25) is 0 Å². The molecule has 0 spiro atoms. The molecule has 2 atom stereocenters. The van der Waals surface area contributed by atoms with Crippen LogP contribution in [0.4, 0.5) is 0 Å². The lowest BCUT2D eigenvalue weighted by Gasteiger charge is -2.47. The summed E-state index contributed by atoms with van der Waals surface area (Å²) in [6.07, 6.45) is 10.3. The third-order valence-electron chi connectivity index (χ3n) is 13.5. The first-order valence-electron chi connectivity index (χ1n) is 20.4. The number of hydrogen-bond acceptors (Lipinski definition) is 0. The molecular weight excluding hydrogens is 717 g/mol. The molecular formula is C57H42S. The predicted octanol–water partition coefficient (Wildman–Crippen LogP) is 15.3. The Morgan fingerprint density at radius 1 is 0.448 bits per heavy atom. The minimum absolute atomic E-state index is 0.0968. The van der Waals surface area contributed by atoms with E-state index in [9.17, 15) is 0 Å². The molecule has 2 aliphatic carbocycles. The Morgan fingerprint density at radius 3 is 1.74 bits per heavy atom. The second-order valence-electron chi connectivity index (χ2n) is 17.1. The average Bonchev–Trinajstić information content (AvgIpc) is 3.47. The highest BCUT2D eigenvalue weighted by atomic mass is 32.3. The zero-order chi connectivity index (χ0) is 38.8. The molecule has 0 saturated carbocycles. The quantitative estimate of drug-likeness (QED) is 0.157. The summed E-state index contributed by atoms with van der Waals surface area (Å²) in [4.78, 5) is 2.99. The van der Waals surface area contributed by atoms with E-state index in [1.807, 2.05) is 0 Å². The lowest BCUT2D eigenvalue weighted by atomic mass is 9.57. The van der Waals surface area contributed by atoms with Gasteiger partial charge in [0.25, 0.3) is 0 Å². The first-order valence-corrected chi connectivity index (χ1v) is 22.9. The third-order valence-corrected chi connectivity index (χ3v) is 16.4. The molecule has 0 N–H and O–H groups in total. The minimum atomic E-state index is -1.24. The Bertz CT molecular complexity index is 3330. The highest BCUT2D eigenvalue weighted by Gasteiger charge is 2.49.